The molecule has 2 aliphatic heterocycles. The fourth-order valence-corrected chi connectivity index (χ4v) is 3.47. The lowest BCUT2D eigenvalue weighted by atomic mass is 10.1. The van der Waals surface area contributed by atoms with Gasteiger partial charge >= 0.3 is 0 Å². The number of hydrogen-bond donors (Lipinski definition) is 1. The van der Waals surface area contributed by atoms with Crippen molar-refractivity contribution >= 4 is 11.6 Å². The Labute approximate surface area is 139 Å². The Kier molecular flexibility index (Phi) is 5.92. The maximum Gasteiger partial charge on any atom is 0.251 e. The number of benzene rings is 1. The van der Waals surface area contributed by atoms with Crippen LogP contribution in [0.25, 0.3) is 0 Å². The molecule has 0 spiro atoms. The summed E-state index contributed by atoms with van der Waals surface area (Å²) in [6, 6.07) is 8.01. The Balaban J connectivity index is 1.36. The van der Waals surface area contributed by atoms with Crippen molar-refractivity contribution in [2.24, 2.45) is 0 Å². The van der Waals surface area contributed by atoms with Gasteiger partial charge in [0.2, 0.25) is 0 Å². The van der Waals surface area contributed by atoms with Crippen LogP contribution in [0.1, 0.15) is 55.3 Å². The summed E-state index contributed by atoms with van der Waals surface area (Å²) in [6.07, 6.45) is 8.69. The lowest BCUT2D eigenvalue weighted by Gasteiger charge is -2.17. The molecule has 0 radical (unpaired) electrons. The summed E-state index contributed by atoms with van der Waals surface area (Å²) >= 11 is 0. The van der Waals surface area contributed by atoms with Crippen molar-refractivity contribution < 1.29 is 9.53 Å². The highest BCUT2D eigenvalue weighted by atomic mass is 16.5. The first-order valence-electron chi connectivity index (χ1n) is 9.08. The maximum absolute atomic E-state index is 12.1. The van der Waals surface area contributed by atoms with E-state index in [0.717, 1.165) is 51.1 Å². The van der Waals surface area contributed by atoms with Crippen LogP contribution < -0.4 is 10.2 Å². The van der Waals surface area contributed by atoms with Gasteiger partial charge in [0, 0.05) is 37.5 Å². The van der Waals surface area contributed by atoms with E-state index in [9.17, 15) is 4.79 Å². The number of carbonyl (C=O) groups excluding carboxylic acids is 1. The molecule has 0 saturated carbocycles. The Hall–Kier alpha value is -1.55. The molecular formula is C19H28N2O2. The smallest absolute Gasteiger partial charge is 0.251 e. The summed E-state index contributed by atoms with van der Waals surface area (Å²) < 4.78 is 5.61. The molecule has 1 aromatic rings. The van der Waals surface area contributed by atoms with Gasteiger partial charge in [-0.3, -0.25) is 4.79 Å². The second-order valence-electron chi connectivity index (χ2n) is 6.63. The lowest BCUT2D eigenvalue weighted by molar-refractivity contribution is 0.0947. The molecule has 23 heavy (non-hydrogen) atoms. The van der Waals surface area contributed by atoms with E-state index in [1.54, 1.807) is 0 Å². The zero-order valence-corrected chi connectivity index (χ0v) is 13.9. The Morgan fingerprint density at radius 3 is 2.61 bits per heavy atom. The summed E-state index contributed by atoms with van der Waals surface area (Å²) in [4.78, 5) is 14.5. The van der Waals surface area contributed by atoms with Crippen LogP contribution in [0.3, 0.4) is 0 Å². The van der Waals surface area contributed by atoms with Gasteiger partial charge in [-0.05, 0) is 69.2 Å². The highest BCUT2D eigenvalue weighted by Gasteiger charge is 2.15. The van der Waals surface area contributed by atoms with Gasteiger partial charge < -0.3 is 15.0 Å². The number of carbonyl (C=O) groups is 1. The summed E-state index contributed by atoms with van der Waals surface area (Å²) in [7, 11) is 0. The van der Waals surface area contributed by atoms with E-state index in [-0.39, 0.29) is 5.91 Å². The van der Waals surface area contributed by atoms with Crippen LogP contribution in [0, 0.1) is 0 Å². The number of ether oxygens (including phenoxy) is 1. The first kappa shape index (κ1) is 16.3. The predicted octanol–water partition coefficient (Wildman–Crippen LogP) is 3.37. The number of amides is 1. The summed E-state index contributed by atoms with van der Waals surface area (Å²) in [5.41, 5.74) is 1.99. The van der Waals surface area contributed by atoms with Gasteiger partial charge in [-0.25, -0.2) is 0 Å². The van der Waals surface area contributed by atoms with Crippen molar-refractivity contribution in [3.05, 3.63) is 29.8 Å². The lowest BCUT2D eigenvalue weighted by Crippen LogP contribution is -2.25. The molecule has 0 unspecified atom stereocenters. The number of hydrogen-bond acceptors (Lipinski definition) is 3. The third-order valence-electron chi connectivity index (χ3n) is 4.86. The van der Waals surface area contributed by atoms with Crippen molar-refractivity contribution in [1.82, 2.24) is 5.32 Å². The van der Waals surface area contributed by atoms with Gasteiger partial charge in [0.15, 0.2) is 0 Å². The van der Waals surface area contributed by atoms with Crippen molar-refractivity contribution in [3.63, 3.8) is 0 Å². The van der Waals surface area contributed by atoms with Crippen molar-refractivity contribution in [1.29, 1.82) is 0 Å². The minimum absolute atomic E-state index is 0.0371. The molecule has 3 rings (SSSR count). The number of nitrogens with zero attached hydrogens (tertiary/aromatic N) is 1. The van der Waals surface area contributed by atoms with Gasteiger partial charge in [0.05, 0.1) is 6.10 Å². The fraction of sp³-hybridized carbons (Fsp3) is 0.632. The monoisotopic (exact) mass is 316 g/mol. The Morgan fingerprint density at radius 1 is 1.13 bits per heavy atom. The van der Waals surface area contributed by atoms with Crippen LogP contribution in [0.4, 0.5) is 5.69 Å². The minimum atomic E-state index is 0.0371. The molecule has 2 heterocycles. The van der Waals surface area contributed by atoms with Gasteiger partial charge in [-0.2, -0.15) is 0 Å². The first-order valence-corrected chi connectivity index (χ1v) is 9.08. The number of anilines is 1. The van der Waals surface area contributed by atoms with E-state index in [0.29, 0.717) is 6.10 Å². The molecule has 0 bridgehead atoms. The fourth-order valence-electron chi connectivity index (χ4n) is 3.47. The van der Waals surface area contributed by atoms with Gasteiger partial charge in [0.1, 0.15) is 0 Å². The summed E-state index contributed by atoms with van der Waals surface area (Å²) in [6.45, 7) is 3.95. The summed E-state index contributed by atoms with van der Waals surface area (Å²) in [5.74, 6) is 0.0371. The van der Waals surface area contributed by atoms with Crippen LogP contribution in [-0.2, 0) is 4.74 Å². The second-order valence-corrected chi connectivity index (χ2v) is 6.63. The third-order valence-corrected chi connectivity index (χ3v) is 4.86. The summed E-state index contributed by atoms with van der Waals surface area (Å²) in [5, 5.41) is 3.02. The van der Waals surface area contributed by atoms with Crippen LogP contribution in [-0.4, -0.2) is 38.3 Å². The molecule has 1 atom stereocenters. The maximum atomic E-state index is 12.1. The molecule has 1 N–H and O–H groups in total. The number of nitrogens with one attached hydrogen (secondary N) is 1. The van der Waals surface area contributed by atoms with Crippen molar-refractivity contribution in [2.45, 2.75) is 51.0 Å². The van der Waals surface area contributed by atoms with Crippen molar-refractivity contribution in [3.8, 4) is 0 Å². The minimum Gasteiger partial charge on any atom is -0.378 e. The Morgan fingerprint density at radius 2 is 1.91 bits per heavy atom. The van der Waals surface area contributed by atoms with Gasteiger partial charge in [0.25, 0.3) is 5.91 Å². The first-order chi connectivity index (χ1) is 11.3. The molecule has 2 aliphatic rings. The molecule has 0 aromatic heterocycles. The highest BCUT2D eigenvalue weighted by molar-refractivity contribution is 5.94. The van der Waals surface area contributed by atoms with E-state index < -0.39 is 0 Å². The van der Waals surface area contributed by atoms with E-state index in [2.05, 4.69) is 22.3 Å². The Bertz CT molecular complexity index is 489. The van der Waals surface area contributed by atoms with Crippen LogP contribution in [0.5, 0.6) is 0 Å². The van der Waals surface area contributed by atoms with Crippen LogP contribution in [0.15, 0.2) is 24.3 Å². The zero-order chi connectivity index (χ0) is 15.9. The molecule has 126 valence electrons. The normalized spacial score (nSPS) is 20.9. The number of unbranched alkanes of at least 4 members (excludes halogenated alkanes) is 1. The molecule has 4 nitrogen and oxygen atoms in total. The molecule has 4 heteroatoms. The number of rotatable bonds is 7. The quantitative estimate of drug-likeness (QED) is 0.784. The molecule has 0 aliphatic carbocycles. The zero-order valence-electron chi connectivity index (χ0n) is 13.9. The van der Waals surface area contributed by atoms with Gasteiger partial charge in [-0.15, -0.1) is 0 Å². The topological polar surface area (TPSA) is 41.6 Å². The SMILES string of the molecule is O=C(NCCCC[C@@H]1CCCO1)c1ccc(N2CCCC2)cc1. The van der Waals surface area contributed by atoms with E-state index in [1.165, 1.54) is 31.4 Å². The second kappa shape index (κ2) is 8.34. The average molecular weight is 316 g/mol. The largest absolute Gasteiger partial charge is 0.378 e. The highest BCUT2D eigenvalue weighted by Crippen LogP contribution is 2.20. The van der Waals surface area contributed by atoms with E-state index >= 15 is 0 Å². The molecule has 1 amide bonds. The predicted molar refractivity (Wildman–Crippen MR) is 93.0 cm³/mol. The molecular weight excluding hydrogens is 288 g/mol. The standard InChI is InChI=1S/C19H28N2O2/c22-19(20-12-2-1-6-18-7-5-15-23-18)16-8-10-17(11-9-16)21-13-3-4-14-21/h8-11,18H,1-7,12-15H2,(H,20,22)/t18-/m1/s1. The van der Waals surface area contributed by atoms with E-state index in [4.69, 9.17) is 4.74 Å². The van der Waals surface area contributed by atoms with Crippen LogP contribution >= 0.6 is 0 Å². The average Bonchev–Trinajstić information content (AvgIpc) is 3.28. The molecule has 1 aromatic carbocycles. The third kappa shape index (κ3) is 4.71. The molecule has 2 fully saturated rings. The molecule has 2 saturated heterocycles. The van der Waals surface area contributed by atoms with Crippen molar-refractivity contribution in [2.75, 3.05) is 31.1 Å². The van der Waals surface area contributed by atoms with Gasteiger partial charge in [-0.1, -0.05) is 0 Å². The van der Waals surface area contributed by atoms with Crippen LogP contribution in [0.2, 0.25) is 0 Å². The van der Waals surface area contributed by atoms with E-state index in [1.807, 2.05) is 12.1 Å².